The number of nitrogens with one attached hydrogen (secondary N) is 1. The molecule has 2 N–H and O–H groups in total. The van der Waals surface area contributed by atoms with Gasteiger partial charge in [-0.2, -0.15) is 0 Å². The summed E-state index contributed by atoms with van der Waals surface area (Å²) in [6.07, 6.45) is 0.0134. The van der Waals surface area contributed by atoms with E-state index < -0.39 is 5.97 Å². The largest absolute Gasteiger partial charge is 0.481 e. The average Bonchev–Trinajstić information content (AvgIpc) is 2.13. The molecule has 0 bridgehead atoms. The number of carbonyl (C=O) groups is 2. The molecule has 1 atom stereocenters. The molecule has 98 valence electrons. The first-order chi connectivity index (χ1) is 7.93. The van der Waals surface area contributed by atoms with Crippen molar-refractivity contribution in [2.24, 2.45) is 11.8 Å². The molecule has 5 heteroatoms. The average molecular weight is 242 g/mol. The van der Waals surface area contributed by atoms with Gasteiger partial charge in [0, 0.05) is 18.5 Å². The summed E-state index contributed by atoms with van der Waals surface area (Å²) in [5.41, 5.74) is 0. The van der Waals surface area contributed by atoms with Crippen LogP contribution in [0.1, 0.15) is 27.2 Å². The summed E-state index contributed by atoms with van der Waals surface area (Å²) >= 11 is 0. The Morgan fingerprint density at radius 3 is 2.29 bits per heavy atom. The molecule has 5 nitrogen and oxygen atoms in total. The number of carboxylic acid groups (broad SMARTS) is 1. The Balaban J connectivity index is 2.55. The lowest BCUT2D eigenvalue weighted by atomic mass is 9.87. The molecule has 0 saturated carbocycles. The van der Waals surface area contributed by atoms with Crippen molar-refractivity contribution in [3.8, 4) is 0 Å². The predicted molar refractivity (Wildman–Crippen MR) is 64.6 cm³/mol. The molecule has 1 aliphatic rings. The van der Waals surface area contributed by atoms with Crippen molar-refractivity contribution in [2.45, 2.75) is 33.2 Å². The van der Waals surface area contributed by atoms with Crippen LogP contribution < -0.4 is 5.32 Å². The summed E-state index contributed by atoms with van der Waals surface area (Å²) in [6, 6.07) is 0.0531. The van der Waals surface area contributed by atoms with Gasteiger partial charge in [0.2, 0.25) is 5.91 Å². The van der Waals surface area contributed by atoms with Crippen LogP contribution in [-0.2, 0) is 9.59 Å². The summed E-state index contributed by atoms with van der Waals surface area (Å²) in [5, 5.41) is 11.8. The number of amides is 1. The highest BCUT2D eigenvalue weighted by atomic mass is 16.4. The van der Waals surface area contributed by atoms with Crippen LogP contribution in [0.25, 0.3) is 0 Å². The van der Waals surface area contributed by atoms with E-state index in [0.29, 0.717) is 12.5 Å². The fraction of sp³-hybridized carbons (Fsp3) is 0.833. The van der Waals surface area contributed by atoms with Gasteiger partial charge in [0.05, 0.1) is 6.42 Å². The van der Waals surface area contributed by atoms with E-state index in [-0.39, 0.29) is 24.3 Å². The Morgan fingerprint density at radius 1 is 1.35 bits per heavy atom. The highest BCUT2D eigenvalue weighted by Gasteiger charge is 2.32. The van der Waals surface area contributed by atoms with Crippen LogP contribution in [0.4, 0.5) is 0 Å². The van der Waals surface area contributed by atoms with E-state index >= 15 is 0 Å². The maximum absolute atomic E-state index is 12.2. The molecule has 0 radical (unpaired) electrons. The first-order valence-electron chi connectivity index (χ1n) is 6.16. The zero-order chi connectivity index (χ0) is 13.0. The third-order valence-corrected chi connectivity index (χ3v) is 3.38. The van der Waals surface area contributed by atoms with Gasteiger partial charge in [-0.15, -0.1) is 0 Å². The van der Waals surface area contributed by atoms with Gasteiger partial charge in [0.25, 0.3) is 0 Å². The van der Waals surface area contributed by atoms with E-state index in [0.717, 1.165) is 13.1 Å². The fourth-order valence-electron chi connectivity index (χ4n) is 1.97. The number of carboxylic acids is 1. The number of nitrogens with zero attached hydrogens (tertiary/aromatic N) is 1. The maximum atomic E-state index is 12.2. The van der Waals surface area contributed by atoms with Gasteiger partial charge in [-0.25, -0.2) is 0 Å². The van der Waals surface area contributed by atoms with Crippen LogP contribution in [0, 0.1) is 11.8 Å². The molecule has 1 aliphatic heterocycles. The standard InChI is InChI=1S/C12H22N2O3/c1-8(2)14(5-4-11(15)16)12(17)9(3)10-6-13-7-10/h8-10,13H,4-7H2,1-3H3,(H,15,16). The van der Waals surface area contributed by atoms with Crippen molar-refractivity contribution < 1.29 is 14.7 Å². The van der Waals surface area contributed by atoms with Crippen molar-refractivity contribution in [2.75, 3.05) is 19.6 Å². The van der Waals surface area contributed by atoms with E-state index in [2.05, 4.69) is 5.32 Å². The molecule has 1 rings (SSSR count). The summed E-state index contributed by atoms with van der Waals surface area (Å²) in [6.45, 7) is 7.85. The third-order valence-electron chi connectivity index (χ3n) is 3.38. The number of hydrogen-bond donors (Lipinski definition) is 2. The first-order valence-corrected chi connectivity index (χ1v) is 6.16. The topological polar surface area (TPSA) is 69.6 Å². The minimum Gasteiger partial charge on any atom is -0.481 e. The van der Waals surface area contributed by atoms with Crippen molar-refractivity contribution in [1.29, 1.82) is 0 Å². The van der Waals surface area contributed by atoms with E-state index in [1.165, 1.54) is 0 Å². The second-order valence-corrected chi connectivity index (χ2v) is 4.98. The predicted octanol–water partition coefficient (Wildman–Crippen LogP) is 0.554. The minimum atomic E-state index is -0.860. The summed E-state index contributed by atoms with van der Waals surface area (Å²) in [4.78, 5) is 24.5. The highest BCUT2D eigenvalue weighted by Crippen LogP contribution is 2.19. The summed E-state index contributed by atoms with van der Waals surface area (Å²) in [7, 11) is 0. The Hall–Kier alpha value is -1.10. The molecular weight excluding hydrogens is 220 g/mol. The van der Waals surface area contributed by atoms with Crippen LogP contribution in [0.5, 0.6) is 0 Å². The van der Waals surface area contributed by atoms with Crippen LogP contribution in [-0.4, -0.2) is 47.6 Å². The van der Waals surface area contributed by atoms with Crippen molar-refractivity contribution in [3.63, 3.8) is 0 Å². The molecule has 1 heterocycles. The second-order valence-electron chi connectivity index (χ2n) is 4.98. The number of rotatable bonds is 6. The van der Waals surface area contributed by atoms with Gasteiger partial charge >= 0.3 is 5.97 Å². The lowest BCUT2D eigenvalue weighted by molar-refractivity contribution is -0.141. The molecule has 0 aromatic heterocycles. The fourth-order valence-corrected chi connectivity index (χ4v) is 1.97. The lowest BCUT2D eigenvalue weighted by Crippen LogP contribution is -2.51. The second kappa shape index (κ2) is 6.00. The van der Waals surface area contributed by atoms with Crippen LogP contribution >= 0.6 is 0 Å². The number of aliphatic carboxylic acids is 1. The van der Waals surface area contributed by atoms with Crippen molar-refractivity contribution in [3.05, 3.63) is 0 Å². The van der Waals surface area contributed by atoms with Crippen LogP contribution in [0.3, 0.4) is 0 Å². The monoisotopic (exact) mass is 242 g/mol. The van der Waals surface area contributed by atoms with Gasteiger partial charge < -0.3 is 15.3 Å². The van der Waals surface area contributed by atoms with E-state index in [1.807, 2.05) is 20.8 Å². The number of carbonyl (C=O) groups excluding carboxylic acids is 1. The van der Waals surface area contributed by atoms with Gasteiger partial charge in [-0.3, -0.25) is 9.59 Å². The SMILES string of the molecule is CC(C(=O)N(CCC(=O)O)C(C)C)C1CNC1. The van der Waals surface area contributed by atoms with Crippen LogP contribution in [0.2, 0.25) is 0 Å². The van der Waals surface area contributed by atoms with Crippen molar-refractivity contribution in [1.82, 2.24) is 10.2 Å². The molecule has 1 saturated heterocycles. The maximum Gasteiger partial charge on any atom is 0.305 e. The smallest absolute Gasteiger partial charge is 0.305 e. The molecule has 1 unspecified atom stereocenters. The van der Waals surface area contributed by atoms with E-state index in [1.54, 1.807) is 4.90 Å². The van der Waals surface area contributed by atoms with Gasteiger partial charge in [-0.1, -0.05) is 6.92 Å². The Morgan fingerprint density at radius 2 is 1.94 bits per heavy atom. The molecule has 0 aliphatic carbocycles. The highest BCUT2D eigenvalue weighted by molar-refractivity contribution is 5.80. The summed E-state index contributed by atoms with van der Waals surface area (Å²) in [5.74, 6) is -0.407. The quantitative estimate of drug-likeness (QED) is 0.714. The van der Waals surface area contributed by atoms with E-state index in [4.69, 9.17) is 5.11 Å². The normalized spacial score (nSPS) is 17.6. The molecular formula is C12H22N2O3. The Bertz CT molecular complexity index is 287. The minimum absolute atomic E-state index is 0.0134. The van der Waals surface area contributed by atoms with Gasteiger partial charge in [-0.05, 0) is 32.9 Å². The molecule has 17 heavy (non-hydrogen) atoms. The molecule has 1 fully saturated rings. The Kier molecular flexibility index (Phi) is 4.93. The number of hydrogen-bond acceptors (Lipinski definition) is 3. The zero-order valence-electron chi connectivity index (χ0n) is 10.8. The van der Waals surface area contributed by atoms with Crippen LogP contribution in [0.15, 0.2) is 0 Å². The van der Waals surface area contributed by atoms with E-state index in [9.17, 15) is 9.59 Å². The molecule has 0 spiro atoms. The van der Waals surface area contributed by atoms with Gasteiger partial charge in [0.15, 0.2) is 0 Å². The Labute approximate surface area is 102 Å². The molecule has 0 aromatic carbocycles. The molecule has 1 amide bonds. The van der Waals surface area contributed by atoms with Gasteiger partial charge in [0.1, 0.15) is 0 Å². The first kappa shape index (κ1) is 14.0. The third kappa shape index (κ3) is 3.70. The van der Waals surface area contributed by atoms with Crippen molar-refractivity contribution >= 4 is 11.9 Å². The summed E-state index contributed by atoms with van der Waals surface area (Å²) < 4.78 is 0. The lowest BCUT2D eigenvalue weighted by Gasteiger charge is -2.36. The molecule has 0 aromatic rings. The zero-order valence-corrected chi connectivity index (χ0v) is 10.8.